The van der Waals surface area contributed by atoms with Gasteiger partial charge in [0.05, 0.1) is 0 Å². The van der Waals surface area contributed by atoms with Crippen molar-refractivity contribution in [1.82, 2.24) is 0 Å². The highest BCUT2D eigenvalue weighted by atomic mass is 127. The molecule has 0 bridgehead atoms. The molecule has 23 heavy (non-hydrogen) atoms. The van der Waals surface area contributed by atoms with Crippen LogP contribution in [0.5, 0.6) is 0 Å². The van der Waals surface area contributed by atoms with Gasteiger partial charge in [-0.15, -0.1) is 24.0 Å². The van der Waals surface area contributed by atoms with E-state index in [-0.39, 0.29) is 48.0 Å². The lowest BCUT2D eigenvalue weighted by Gasteiger charge is -2.02. The maximum atomic E-state index is 2.31. The van der Waals surface area contributed by atoms with Crippen LogP contribution in [0.4, 0.5) is 0 Å². The first-order chi connectivity index (χ1) is 10.3. The summed E-state index contributed by atoms with van der Waals surface area (Å²) < 4.78 is 2.31. The van der Waals surface area contributed by atoms with Gasteiger partial charge in [-0.25, -0.2) is 4.57 Å². The van der Waals surface area contributed by atoms with Crippen LogP contribution in [0.25, 0.3) is 0 Å². The van der Waals surface area contributed by atoms with E-state index in [0.717, 1.165) is 0 Å². The summed E-state index contributed by atoms with van der Waals surface area (Å²) in [4.78, 5) is 0. The number of rotatable bonds is 13. The molecule has 0 aliphatic carbocycles. The summed E-state index contributed by atoms with van der Waals surface area (Å²) in [5.74, 6) is 0. The number of aromatic nitrogens is 1. The van der Waals surface area contributed by atoms with Crippen LogP contribution in [0, 0.1) is 6.92 Å². The Kier molecular flexibility index (Phi) is 21.3. The maximum absolute atomic E-state index is 2.31. The number of halogens is 2. The molecule has 1 heterocycles. The molecule has 0 aromatic carbocycles. The minimum absolute atomic E-state index is 0. The molecule has 0 spiro atoms. The first kappa shape index (κ1) is 25.8. The normalized spacial score (nSPS) is 10.0. The number of hydrogen-bond acceptors (Lipinski definition) is 0. The van der Waals surface area contributed by atoms with E-state index < -0.39 is 0 Å². The fraction of sp³-hybridized carbons (Fsp3) is 0.750. The van der Waals surface area contributed by atoms with E-state index in [0.29, 0.717) is 0 Å². The van der Waals surface area contributed by atoms with Crippen molar-refractivity contribution in [2.75, 3.05) is 0 Å². The van der Waals surface area contributed by atoms with E-state index in [9.17, 15) is 0 Å². The number of nitrogens with zero attached hydrogens (tertiary/aromatic N) is 1. The molecular weight excluding hydrogens is 508 g/mol. The Hall–Kier alpha value is 0.610. The van der Waals surface area contributed by atoms with E-state index in [1.807, 2.05) is 0 Å². The zero-order valence-corrected chi connectivity index (χ0v) is 19.7. The predicted molar refractivity (Wildman–Crippen MR) is 108 cm³/mol. The van der Waals surface area contributed by atoms with E-state index in [2.05, 4.69) is 42.9 Å². The maximum Gasteiger partial charge on any atom is 0.169 e. The zero-order chi connectivity index (χ0) is 15.2. The molecule has 0 fully saturated rings. The van der Waals surface area contributed by atoms with Gasteiger partial charge in [-0.3, -0.25) is 0 Å². The van der Waals surface area contributed by atoms with Crippen molar-refractivity contribution in [2.45, 2.75) is 97.4 Å². The summed E-state index contributed by atoms with van der Waals surface area (Å²) in [5.41, 5.74) is 1.35. The lowest BCUT2D eigenvalue weighted by molar-refractivity contribution is -0.697. The third kappa shape index (κ3) is 15.9. The molecule has 136 valence electrons. The molecule has 0 radical (unpaired) electrons. The van der Waals surface area contributed by atoms with E-state index in [1.54, 1.807) is 0 Å². The van der Waals surface area contributed by atoms with Gasteiger partial charge in [0, 0.05) is 18.6 Å². The minimum atomic E-state index is 0. The quantitative estimate of drug-likeness (QED) is 0.203. The summed E-state index contributed by atoms with van der Waals surface area (Å²) in [6, 6.07) is 4.39. The van der Waals surface area contributed by atoms with E-state index in [4.69, 9.17) is 0 Å². The van der Waals surface area contributed by atoms with Crippen LogP contribution in [0.3, 0.4) is 0 Å². The largest absolute Gasteiger partial charge is 1.00 e. The van der Waals surface area contributed by atoms with Gasteiger partial charge >= 0.3 is 0 Å². The molecule has 0 atom stereocenters. The van der Waals surface area contributed by atoms with Crippen LogP contribution in [-0.2, 0) is 6.54 Å². The Bertz CT molecular complexity index is 338. The van der Waals surface area contributed by atoms with Crippen molar-refractivity contribution in [3.05, 3.63) is 30.1 Å². The highest BCUT2D eigenvalue weighted by molar-refractivity contribution is 14.0. The molecule has 0 saturated carbocycles. The van der Waals surface area contributed by atoms with Gasteiger partial charge in [0.15, 0.2) is 12.4 Å². The summed E-state index contributed by atoms with van der Waals surface area (Å²) in [6.07, 6.45) is 21.5. The Balaban J connectivity index is 0. The summed E-state index contributed by atoms with van der Waals surface area (Å²) in [5, 5.41) is 0. The summed E-state index contributed by atoms with van der Waals surface area (Å²) in [7, 11) is 0. The Labute approximate surface area is 179 Å². The van der Waals surface area contributed by atoms with Crippen LogP contribution in [0.1, 0.15) is 89.5 Å². The SMILES string of the molecule is CCCCCCCCCCCCCC[n+]1ccc(C)cc1.I.[I-]. The van der Waals surface area contributed by atoms with Gasteiger partial charge in [-0.2, -0.15) is 0 Å². The number of aryl methyl sites for hydroxylation is 2. The average molecular weight is 545 g/mol. The highest BCUT2D eigenvalue weighted by Crippen LogP contribution is 2.11. The van der Waals surface area contributed by atoms with Gasteiger partial charge in [0.25, 0.3) is 0 Å². The Morgan fingerprint density at radius 2 is 1.09 bits per heavy atom. The fourth-order valence-corrected chi connectivity index (χ4v) is 2.82. The van der Waals surface area contributed by atoms with Crippen LogP contribution in [0.15, 0.2) is 24.5 Å². The van der Waals surface area contributed by atoms with Crippen molar-refractivity contribution >= 4 is 24.0 Å². The minimum Gasteiger partial charge on any atom is -1.00 e. The van der Waals surface area contributed by atoms with E-state index >= 15 is 0 Å². The Morgan fingerprint density at radius 1 is 0.696 bits per heavy atom. The van der Waals surface area contributed by atoms with Crippen molar-refractivity contribution < 1.29 is 28.5 Å². The zero-order valence-electron chi connectivity index (χ0n) is 15.2. The molecule has 1 nitrogen and oxygen atoms in total. The van der Waals surface area contributed by atoms with Crippen LogP contribution >= 0.6 is 24.0 Å². The molecule has 0 amide bonds. The second-order valence-corrected chi connectivity index (χ2v) is 6.50. The number of unbranched alkanes of at least 4 members (excludes halogenated alkanes) is 11. The standard InChI is InChI=1S/C20H36N.2HI/c1-3-4-5-6-7-8-9-10-11-12-13-14-17-21-18-15-20(2)16-19-21;;/h15-16,18-19H,3-14,17H2,1-2H3;2*1H/q+1;;/p-1. The molecule has 0 saturated heterocycles. The molecule has 0 aliphatic heterocycles. The topological polar surface area (TPSA) is 3.88 Å². The first-order valence-electron chi connectivity index (χ1n) is 9.28. The molecule has 0 unspecified atom stereocenters. The van der Waals surface area contributed by atoms with Crippen LogP contribution < -0.4 is 28.5 Å². The number of hydrogen-bond donors (Lipinski definition) is 0. The highest BCUT2D eigenvalue weighted by Gasteiger charge is 1.99. The average Bonchev–Trinajstić information content (AvgIpc) is 2.50. The monoisotopic (exact) mass is 545 g/mol. The smallest absolute Gasteiger partial charge is 0.169 e. The molecular formula is C20H37I2N. The molecule has 1 aromatic rings. The van der Waals surface area contributed by atoms with Gasteiger partial charge < -0.3 is 24.0 Å². The molecule has 3 heteroatoms. The van der Waals surface area contributed by atoms with Crippen LogP contribution in [-0.4, -0.2) is 0 Å². The second-order valence-electron chi connectivity index (χ2n) is 6.50. The molecule has 0 N–H and O–H groups in total. The van der Waals surface area contributed by atoms with Crippen molar-refractivity contribution in [3.8, 4) is 0 Å². The lowest BCUT2D eigenvalue weighted by atomic mass is 10.1. The fourth-order valence-electron chi connectivity index (χ4n) is 2.82. The Morgan fingerprint density at radius 3 is 1.52 bits per heavy atom. The van der Waals surface area contributed by atoms with Crippen LogP contribution in [0.2, 0.25) is 0 Å². The number of pyridine rings is 1. The lowest BCUT2D eigenvalue weighted by Crippen LogP contribution is -3.00. The van der Waals surface area contributed by atoms with Crippen molar-refractivity contribution in [2.24, 2.45) is 0 Å². The van der Waals surface area contributed by atoms with Crippen molar-refractivity contribution in [3.63, 3.8) is 0 Å². The third-order valence-corrected chi connectivity index (χ3v) is 4.33. The second kappa shape index (κ2) is 18.9. The predicted octanol–water partition coefficient (Wildman–Crippen LogP) is 3.61. The van der Waals surface area contributed by atoms with Crippen molar-refractivity contribution in [1.29, 1.82) is 0 Å². The van der Waals surface area contributed by atoms with Gasteiger partial charge in [0.1, 0.15) is 6.54 Å². The van der Waals surface area contributed by atoms with E-state index in [1.165, 1.54) is 89.2 Å². The molecule has 1 aromatic heterocycles. The van der Waals surface area contributed by atoms with Gasteiger partial charge in [0.2, 0.25) is 0 Å². The third-order valence-electron chi connectivity index (χ3n) is 4.33. The van der Waals surface area contributed by atoms with Gasteiger partial charge in [-0.05, 0) is 18.9 Å². The first-order valence-corrected chi connectivity index (χ1v) is 9.28. The molecule has 1 rings (SSSR count). The summed E-state index contributed by atoms with van der Waals surface area (Å²) >= 11 is 0. The molecule has 0 aliphatic rings. The van der Waals surface area contributed by atoms with Gasteiger partial charge in [-0.1, -0.05) is 71.1 Å². The summed E-state index contributed by atoms with van der Waals surface area (Å²) in [6.45, 7) is 5.61.